The van der Waals surface area contributed by atoms with Crippen LogP contribution in [-0.2, 0) is 52.7 Å². The van der Waals surface area contributed by atoms with Crippen LogP contribution in [-0.4, -0.2) is 184 Å². The highest BCUT2D eigenvalue weighted by Crippen LogP contribution is 2.35. The van der Waals surface area contributed by atoms with Gasteiger partial charge in [0.05, 0.1) is 94.8 Å². The topological polar surface area (TPSA) is 491 Å². The number of rotatable bonds is 19. The molecule has 0 unspecified atom stereocenters. The summed E-state index contributed by atoms with van der Waals surface area (Å²) in [7, 11) is 0. The number of thiocarbonyl (C=S) groups is 1. The van der Waals surface area contributed by atoms with Crippen LogP contribution in [0.1, 0.15) is 132 Å². The number of ketones is 2. The van der Waals surface area contributed by atoms with E-state index < -0.39 is 79.2 Å². The van der Waals surface area contributed by atoms with Crippen molar-refractivity contribution in [2.45, 2.75) is 171 Å². The van der Waals surface area contributed by atoms with Crippen LogP contribution in [0.3, 0.4) is 0 Å². The number of benzene rings is 2. The quantitative estimate of drug-likeness (QED) is 0.00684. The summed E-state index contributed by atoms with van der Waals surface area (Å²) in [6.07, 6.45) is 21.0. The SMILES string of the molecule is O=C1C=CN[14C](=O)C1.O=C1C[14C](=O)NC=C1[N+](=O)[O-].O=[N+]([O-])c1cn[14c](CC2CCC(O)CC2)nc1C[C@@H]1CCOC1.O=[N+]([O-])c1cn[14c](Cl)nc1Cl.OC1CCC(N[14c]2ncc(NC(=S)Cc3c(F)cc(F)cc3F)c(N[C@H]3CCOC3)n2)CC1.OC1CCC(N[14c]2ncc3nc(Nc4c(F)cc(F)cc4F)n([C@H]4CCOC4)c3n2)CC1. The van der Waals surface area contributed by atoms with Gasteiger partial charge in [0.2, 0.25) is 45.9 Å². The molecule has 36 nitrogen and oxygen atoms in total. The molecule has 8 aliphatic rings. The fraction of sp³-hybridized carbons (Fsp3) is 0.479. The van der Waals surface area contributed by atoms with Gasteiger partial charge in [0, 0.05) is 93.8 Å². The van der Waals surface area contributed by atoms with E-state index in [1.54, 1.807) is 17.0 Å². The second-order valence-corrected chi connectivity index (χ2v) is 29.6. The van der Waals surface area contributed by atoms with Gasteiger partial charge in [-0.25, -0.2) is 56.2 Å². The number of anilines is 6. The molecule has 6 fully saturated rings. The molecule has 2 amide bonds. The number of nitrogens with one attached hydrogen (secondary N) is 7. The molecule has 15 rings (SSSR count). The largest absolute Gasteiger partial charge is 0.393 e. The van der Waals surface area contributed by atoms with Crippen molar-refractivity contribution in [2.24, 2.45) is 11.8 Å². The van der Waals surface area contributed by atoms with Crippen molar-refractivity contribution in [2.75, 3.05) is 66.2 Å². The van der Waals surface area contributed by atoms with Gasteiger partial charge in [0.1, 0.15) is 64.1 Å². The summed E-state index contributed by atoms with van der Waals surface area (Å²) in [5, 5.41) is 80.0. The molecule has 632 valence electrons. The summed E-state index contributed by atoms with van der Waals surface area (Å²) in [5.41, 5.74) is 0.234. The van der Waals surface area contributed by atoms with Gasteiger partial charge in [-0.2, -0.15) is 15.0 Å². The van der Waals surface area contributed by atoms with Crippen LogP contribution >= 0.6 is 35.4 Å². The number of nitro groups is 3. The van der Waals surface area contributed by atoms with E-state index in [1.165, 1.54) is 18.5 Å². The minimum Gasteiger partial charge on any atom is -0.393 e. The molecule has 10 heterocycles. The lowest BCUT2D eigenvalue weighted by Gasteiger charge is -2.26. The second-order valence-electron chi connectivity index (χ2n) is 28.4. The molecule has 0 radical (unpaired) electrons. The maximum Gasteiger partial charge on any atom is 0.328 e. The van der Waals surface area contributed by atoms with Crippen LogP contribution in [0.25, 0.3) is 11.2 Å². The van der Waals surface area contributed by atoms with Crippen LogP contribution in [0.2, 0.25) is 10.4 Å². The minimum atomic E-state index is -1.06. The van der Waals surface area contributed by atoms with E-state index >= 15 is 0 Å². The van der Waals surface area contributed by atoms with Crippen molar-refractivity contribution in [3.05, 3.63) is 166 Å². The first-order valence-electron chi connectivity index (χ1n) is 37.5. The Morgan fingerprint density at radius 3 is 1.76 bits per heavy atom. The van der Waals surface area contributed by atoms with Gasteiger partial charge in [0.15, 0.2) is 28.9 Å². The standard InChI is InChI=1S/C22H26F3N5O2S.C21H23F3N6O2.C16H23N3O4.C5H4N2O4.C5H5NO2.C4HCl2N3O2/c23-12-7-17(24)16(18(25)8-12)9-20(33)29-19-10-26-22(28-13-1-3-15(31)4-2-13)30-21(19)27-14-5-6-32-11-14;22-11-7-15(23)18(16(24)8-11)28-21-27-17-9-25-20(26-12-1-3-14(31)4-2-12)29-19(17)30(21)13-5-6-32-10-13;20-13-3-1-11(2-4-13)8-16-17-9-15(19(21)22)14(18-16)7-12-5-6-23-10-12;8-4-1-5(9)6-2-3(4)7(10)11;7-4-1-2-6-5(8)3-4;5-3-2(9(10)11)1-7-4(6)8-3/h7-8,10,13-15,31H,1-6,9,11H2,(H,29,33)(H2,26,27,28,30);7-9,12-14,31H,1-6,10H2,(H,27,28)(H,25,26,29);9,11-13,20H,1-8,10H2;2H,1H2,(H,6,9);1-2H,3H2,(H,6,8);1H/t13?,14-,15?;12?,13-,14?;11?,12-,13?;;;/m000.../s1/i22+2;20+2;16+2;2*5+2;4+2. The lowest BCUT2D eigenvalue weighted by molar-refractivity contribution is -0.419. The number of ether oxygens (including phenoxy) is 3. The Hall–Kier alpha value is -10.8. The molecule has 3 saturated carbocycles. The molecule has 0 bridgehead atoms. The van der Waals surface area contributed by atoms with Crippen molar-refractivity contribution >= 4 is 121 Å². The van der Waals surface area contributed by atoms with E-state index in [-0.39, 0.29) is 105 Å². The summed E-state index contributed by atoms with van der Waals surface area (Å²) in [4.78, 5) is 109. The van der Waals surface area contributed by atoms with Crippen LogP contribution in [0.4, 0.5) is 72.8 Å². The number of halogens is 8. The molecule has 7 aromatic rings. The van der Waals surface area contributed by atoms with Crippen LogP contribution < -0.4 is 37.2 Å². The Balaban J connectivity index is 0.000000160. The number of carbonyl (C=O) groups is 4. The third kappa shape index (κ3) is 26.6. The number of allylic oxidation sites excluding steroid dienone is 2. The number of carbonyl (C=O) groups excluding carboxylic acids is 4. The summed E-state index contributed by atoms with van der Waals surface area (Å²) in [5.74, 6) is -4.74. The Bertz CT molecular complexity index is 4790. The first-order valence-corrected chi connectivity index (χ1v) is 38.6. The van der Waals surface area contributed by atoms with Crippen molar-refractivity contribution in [1.29, 1.82) is 0 Å². The van der Waals surface area contributed by atoms with Crippen LogP contribution in [0.15, 0.2) is 73.2 Å². The van der Waals surface area contributed by atoms with Crippen LogP contribution in [0, 0.1) is 77.1 Å². The summed E-state index contributed by atoms with van der Waals surface area (Å²) in [6, 6.07) is 2.71. The van der Waals surface area contributed by atoms with Crippen molar-refractivity contribution in [1.82, 2.24) is 60.1 Å². The molecular weight excluding hydrogens is 1640 g/mol. The Morgan fingerprint density at radius 2 is 1.21 bits per heavy atom. The second kappa shape index (κ2) is 43.1. The smallest absolute Gasteiger partial charge is 0.328 e. The highest BCUT2D eigenvalue weighted by atomic mass is 35.5. The van der Waals surface area contributed by atoms with Gasteiger partial charge in [-0.05, 0) is 126 Å². The lowest BCUT2D eigenvalue weighted by Crippen LogP contribution is -2.30. The van der Waals surface area contributed by atoms with Crippen molar-refractivity contribution in [3.63, 3.8) is 0 Å². The van der Waals surface area contributed by atoms with E-state index in [4.69, 9.17) is 49.6 Å². The van der Waals surface area contributed by atoms with Gasteiger partial charge < -0.3 is 66.7 Å². The zero-order valence-electron chi connectivity index (χ0n) is 62.8. The maximum atomic E-state index is 14.3. The average Bonchev–Trinajstić information content (AvgIpc) is 1.62. The number of amides is 2. The Labute approximate surface area is 683 Å². The monoisotopic (exact) mass is 1720 g/mol. The third-order valence-corrected chi connectivity index (χ3v) is 20.3. The maximum absolute atomic E-state index is 14.3. The number of Topliss-reactive ketones (excluding diaryl/α,β-unsaturated/α-hetero) is 1. The van der Waals surface area contributed by atoms with Gasteiger partial charge in [-0.3, -0.25) is 54.1 Å². The fourth-order valence-electron chi connectivity index (χ4n) is 13.4. The molecule has 0 spiro atoms. The van der Waals surface area contributed by atoms with E-state index in [9.17, 15) is 91.2 Å². The van der Waals surface area contributed by atoms with Crippen LogP contribution in [0.5, 0.6) is 0 Å². The zero-order chi connectivity index (χ0) is 84.7. The van der Waals surface area contributed by atoms with Crippen molar-refractivity contribution in [3.8, 4) is 0 Å². The predicted octanol–water partition coefficient (Wildman–Crippen LogP) is 9.99. The number of hydrogen-bond donors (Lipinski definition) is 10. The molecule has 3 atom stereocenters. The normalized spacial score (nSPS) is 22.0. The predicted molar refractivity (Wildman–Crippen MR) is 416 cm³/mol. The molecule has 10 N–H and O–H groups in total. The molecule has 2 aromatic carbocycles. The number of aliphatic hydroxyl groups excluding tert-OH is 3. The number of imidazole rings is 1. The molecule has 5 aliphatic heterocycles. The first kappa shape index (κ1) is 89.5. The van der Waals surface area contributed by atoms with Gasteiger partial charge in [0.25, 0.3) is 0 Å². The first-order chi connectivity index (χ1) is 56.5. The Kier molecular flexibility index (Phi) is 32.7. The zero-order valence-corrected chi connectivity index (χ0v) is 65.2. The minimum absolute atomic E-state index is 0.00347. The summed E-state index contributed by atoms with van der Waals surface area (Å²) >= 11 is 15.9. The number of aliphatic hydroxyl groups is 3. The molecule has 118 heavy (non-hydrogen) atoms. The molecule has 5 aromatic heterocycles. The van der Waals surface area contributed by atoms with E-state index in [2.05, 4.69) is 82.1 Å². The number of hydrogen-bond acceptors (Lipinski definition) is 30. The lowest BCUT2D eigenvalue weighted by atomic mass is 9.87. The summed E-state index contributed by atoms with van der Waals surface area (Å²) in [6.45, 7) is 3.50. The molecule has 3 aliphatic carbocycles. The highest BCUT2D eigenvalue weighted by Gasteiger charge is 2.32. The van der Waals surface area contributed by atoms with Gasteiger partial charge in [-0.1, -0.05) is 23.8 Å². The number of aromatic nitrogens is 10. The van der Waals surface area contributed by atoms with E-state index in [0.717, 1.165) is 115 Å². The number of nitrogens with zero attached hydrogens (tertiary/aromatic N) is 13. The molecular formula is C73H82Cl2F6N20O16S. The number of fused-ring (bicyclic) bond motifs is 1. The fourth-order valence-corrected chi connectivity index (χ4v) is 14.0. The highest BCUT2D eigenvalue weighted by molar-refractivity contribution is 7.80. The third-order valence-electron chi connectivity index (χ3n) is 19.6. The van der Waals surface area contributed by atoms with E-state index in [1.807, 2.05) is 0 Å². The van der Waals surface area contributed by atoms with Gasteiger partial charge in [-0.15, -0.1) is 0 Å². The van der Waals surface area contributed by atoms with Crippen molar-refractivity contribution < 1.29 is 89.8 Å². The van der Waals surface area contributed by atoms with E-state index in [0.29, 0.717) is 128 Å². The molecule has 45 heteroatoms. The summed E-state index contributed by atoms with van der Waals surface area (Å²) < 4.78 is 101. The average molecular weight is 1720 g/mol. The van der Waals surface area contributed by atoms with Gasteiger partial charge >= 0.3 is 17.1 Å². The molecule has 3 saturated heterocycles. The Morgan fingerprint density at radius 1 is 0.636 bits per heavy atom.